The number of carbonyl (C=O) groups excluding carboxylic acids is 2. The largest absolute Gasteiger partial charge is 0.444 e. The fraction of sp³-hybridized carbons (Fsp3) is 0.478. The van der Waals surface area contributed by atoms with E-state index in [4.69, 9.17) is 4.74 Å². The summed E-state index contributed by atoms with van der Waals surface area (Å²) in [6, 6.07) is 3.37. The molecule has 1 aliphatic rings. The zero-order valence-corrected chi connectivity index (χ0v) is 19.0. The molecule has 0 aromatic carbocycles. The Morgan fingerprint density at radius 1 is 1.35 bits per heavy atom. The number of alkyl carbamates (subject to hydrolysis) is 1. The van der Waals surface area contributed by atoms with Crippen molar-refractivity contribution in [2.24, 2.45) is 18.9 Å². The predicted octanol–water partition coefficient (Wildman–Crippen LogP) is 4.22. The molecule has 166 valence electrons. The summed E-state index contributed by atoms with van der Waals surface area (Å²) < 4.78 is 7.16. The lowest BCUT2D eigenvalue weighted by Crippen LogP contribution is -2.35. The van der Waals surface area contributed by atoms with Crippen molar-refractivity contribution in [2.45, 2.75) is 52.7 Å². The molecule has 2 bridgehead atoms. The summed E-state index contributed by atoms with van der Waals surface area (Å²) in [5.74, 6) is -0.305. The van der Waals surface area contributed by atoms with Crippen molar-refractivity contribution in [3.05, 3.63) is 42.4 Å². The molecule has 8 nitrogen and oxygen atoms in total. The van der Waals surface area contributed by atoms with Crippen LogP contribution in [0.25, 0.3) is 11.3 Å². The van der Waals surface area contributed by atoms with Crippen LogP contribution >= 0.6 is 0 Å². The first-order valence-electron chi connectivity index (χ1n) is 10.5. The first-order valence-corrected chi connectivity index (χ1v) is 10.5. The van der Waals surface area contributed by atoms with Gasteiger partial charge in [-0.2, -0.15) is 5.10 Å². The van der Waals surface area contributed by atoms with Gasteiger partial charge < -0.3 is 15.4 Å². The van der Waals surface area contributed by atoms with Gasteiger partial charge in [-0.25, -0.2) is 4.79 Å². The Balaban J connectivity index is 2.05. The van der Waals surface area contributed by atoms with Crippen molar-refractivity contribution >= 4 is 17.7 Å². The molecular weight excluding hydrogens is 394 g/mol. The lowest BCUT2D eigenvalue weighted by Gasteiger charge is -2.24. The smallest absolute Gasteiger partial charge is 0.408 e. The summed E-state index contributed by atoms with van der Waals surface area (Å²) in [5, 5.41) is 10.3. The molecule has 0 aliphatic carbocycles. The zero-order chi connectivity index (χ0) is 22.8. The van der Waals surface area contributed by atoms with E-state index in [0.717, 1.165) is 11.3 Å². The molecule has 0 saturated carbocycles. The summed E-state index contributed by atoms with van der Waals surface area (Å²) in [6.07, 6.45) is 7.13. The van der Waals surface area contributed by atoms with Crippen LogP contribution < -0.4 is 10.6 Å². The number of fused-ring (bicyclic) bond motifs is 4. The van der Waals surface area contributed by atoms with Crippen LogP contribution in [0, 0.1) is 11.8 Å². The van der Waals surface area contributed by atoms with E-state index in [-0.39, 0.29) is 17.7 Å². The number of rotatable bonds is 2. The number of anilines is 1. The van der Waals surface area contributed by atoms with Gasteiger partial charge in [0.15, 0.2) is 0 Å². The molecule has 2 atom stereocenters. The number of nitrogens with one attached hydrogen (secondary N) is 2. The maximum absolute atomic E-state index is 13.0. The second-order valence-corrected chi connectivity index (χ2v) is 9.12. The van der Waals surface area contributed by atoms with Gasteiger partial charge in [0.05, 0.1) is 35.2 Å². The maximum Gasteiger partial charge on any atom is 0.408 e. The SMILES string of the molecule is CC(C)[C@H]1/C=C/C[C@H](NC(=O)OC(C)(C)C)c2cc(ccn2)-c2c(cnn2C)NC1=O. The molecule has 0 fully saturated rings. The molecule has 0 saturated heterocycles. The Labute approximate surface area is 183 Å². The molecule has 3 rings (SSSR count). The van der Waals surface area contributed by atoms with E-state index < -0.39 is 17.7 Å². The lowest BCUT2D eigenvalue weighted by molar-refractivity contribution is -0.119. The Hall–Kier alpha value is -3.16. The van der Waals surface area contributed by atoms with Crippen molar-refractivity contribution in [1.82, 2.24) is 20.1 Å². The van der Waals surface area contributed by atoms with Gasteiger partial charge in [0.2, 0.25) is 5.91 Å². The summed E-state index contributed by atoms with van der Waals surface area (Å²) in [6.45, 7) is 9.47. The third-order valence-corrected chi connectivity index (χ3v) is 5.04. The highest BCUT2D eigenvalue weighted by atomic mass is 16.6. The summed E-state index contributed by atoms with van der Waals surface area (Å²) in [7, 11) is 1.83. The quantitative estimate of drug-likeness (QED) is 0.702. The van der Waals surface area contributed by atoms with Crippen LogP contribution in [0.15, 0.2) is 36.7 Å². The Morgan fingerprint density at radius 3 is 2.77 bits per heavy atom. The number of pyridine rings is 1. The Bertz CT molecular complexity index is 987. The van der Waals surface area contributed by atoms with E-state index in [1.807, 2.05) is 66.0 Å². The van der Waals surface area contributed by atoms with Gasteiger partial charge in [-0.1, -0.05) is 26.0 Å². The maximum atomic E-state index is 13.0. The Kier molecular flexibility index (Phi) is 6.48. The lowest BCUT2D eigenvalue weighted by atomic mass is 9.93. The average molecular weight is 426 g/mol. The second kappa shape index (κ2) is 8.91. The molecule has 8 heteroatoms. The fourth-order valence-corrected chi connectivity index (χ4v) is 3.55. The van der Waals surface area contributed by atoms with E-state index in [1.165, 1.54) is 0 Å². The molecule has 2 aromatic rings. The second-order valence-electron chi connectivity index (χ2n) is 9.12. The predicted molar refractivity (Wildman–Crippen MR) is 119 cm³/mol. The molecule has 3 heterocycles. The monoisotopic (exact) mass is 425 g/mol. The number of ether oxygens (including phenoxy) is 1. The molecule has 2 amide bonds. The highest BCUT2D eigenvalue weighted by Crippen LogP contribution is 2.31. The van der Waals surface area contributed by atoms with E-state index in [9.17, 15) is 9.59 Å². The van der Waals surface area contributed by atoms with Crippen molar-refractivity contribution in [1.29, 1.82) is 0 Å². The van der Waals surface area contributed by atoms with Crippen LogP contribution in [0.4, 0.5) is 10.5 Å². The van der Waals surface area contributed by atoms with Gasteiger partial charge in [0, 0.05) is 18.8 Å². The van der Waals surface area contributed by atoms with Gasteiger partial charge in [0.25, 0.3) is 0 Å². The summed E-state index contributed by atoms with van der Waals surface area (Å²) in [4.78, 5) is 30.0. The van der Waals surface area contributed by atoms with E-state index >= 15 is 0 Å². The molecule has 2 aromatic heterocycles. The number of amides is 2. The number of carbonyl (C=O) groups is 2. The van der Waals surface area contributed by atoms with Crippen molar-refractivity contribution in [3.63, 3.8) is 0 Å². The Morgan fingerprint density at radius 2 is 2.10 bits per heavy atom. The normalized spacial score (nSPS) is 20.2. The molecule has 31 heavy (non-hydrogen) atoms. The van der Waals surface area contributed by atoms with Crippen LogP contribution in [0.5, 0.6) is 0 Å². The minimum absolute atomic E-state index is 0.0907. The number of nitrogens with zero attached hydrogens (tertiary/aromatic N) is 3. The van der Waals surface area contributed by atoms with Crippen LogP contribution in [-0.4, -0.2) is 32.4 Å². The first-order chi connectivity index (χ1) is 14.5. The van der Waals surface area contributed by atoms with E-state index in [1.54, 1.807) is 17.1 Å². The van der Waals surface area contributed by atoms with Crippen molar-refractivity contribution in [3.8, 4) is 11.3 Å². The molecule has 0 spiro atoms. The topological polar surface area (TPSA) is 98.1 Å². The number of hydrogen-bond acceptors (Lipinski definition) is 5. The van der Waals surface area contributed by atoms with Crippen molar-refractivity contribution in [2.75, 3.05) is 5.32 Å². The fourth-order valence-electron chi connectivity index (χ4n) is 3.55. The molecule has 1 aliphatic heterocycles. The van der Waals surface area contributed by atoms with Crippen LogP contribution in [-0.2, 0) is 16.6 Å². The highest BCUT2D eigenvalue weighted by Gasteiger charge is 2.25. The number of aromatic nitrogens is 3. The zero-order valence-electron chi connectivity index (χ0n) is 19.0. The van der Waals surface area contributed by atoms with E-state index in [2.05, 4.69) is 20.7 Å². The van der Waals surface area contributed by atoms with Gasteiger partial charge >= 0.3 is 6.09 Å². The van der Waals surface area contributed by atoms with Crippen molar-refractivity contribution < 1.29 is 14.3 Å². The van der Waals surface area contributed by atoms with Crippen LogP contribution in [0.3, 0.4) is 0 Å². The van der Waals surface area contributed by atoms with Crippen LogP contribution in [0.2, 0.25) is 0 Å². The van der Waals surface area contributed by atoms with Crippen LogP contribution in [0.1, 0.15) is 52.8 Å². The third-order valence-electron chi connectivity index (χ3n) is 5.04. The van der Waals surface area contributed by atoms with Gasteiger partial charge in [-0.15, -0.1) is 0 Å². The average Bonchev–Trinajstić information content (AvgIpc) is 3.01. The van der Waals surface area contributed by atoms with E-state index in [0.29, 0.717) is 17.8 Å². The molecule has 2 N–H and O–H groups in total. The minimum atomic E-state index is -0.606. The standard InChI is InChI=1S/C23H31N5O3/c1-14(2)16-8-7-9-17(27-22(30)31-23(3,4)5)18-12-15(10-11-24-18)20-19(26-21(16)29)13-25-28(20)6/h7-8,10-14,16-17H,9H2,1-6H3,(H,26,29)(H,27,30)/b8-7+/t16-,17+/m1/s1. The third kappa shape index (κ3) is 5.51. The van der Waals surface area contributed by atoms with Gasteiger partial charge in [0.1, 0.15) is 5.60 Å². The number of hydrogen-bond donors (Lipinski definition) is 2. The first kappa shape index (κ1) is 22.5. The van der Waals surface area contributed by atoms with Gasteiger partial charge in [-0.3, -0.25) is 14.5 Å². The summed E-state index contributed by atoms with van der Waals surface area (Å²) in [5.41, 5.74) is 2.36. The molecule has 0 radical (unpaired) electrons. The molecule has 0 unspecified atom stereocenters. The highest BCUT2D eigenvalue weighted by molar-refractivity contribution is 5.97. The number of aryl methyl sites for hydroxylation is 1. The minimum Gasteiger partial charge on any atom is -0.444 e. The van der Waals surface area contributed by atoms with Gasteiger partial charge in [-0.05, 0) is 45.2 Å². The molecular formula is C23H31N5O3. The summed E-state index contributed by atoms with van der Waals surface area (Å²) >= 11 is 0.